The first-order chi connectivity index (χ1) is 16.3. The van der Waals surface area contributed by atoms with Crippen LogP contribution in [0.3, 0.4) is 0 Å². The topological polar surface area (TPSA) is 231 Å². The standard InChI is InChI=1S/C20H30ClN11O2/c21-16-18(23)29-17(22)15(28-16)19(33)30-20(24)27-10-2-1-4-12-6-8-13(9-7-12)34-11-3-5-14(31-25)32-26/h6-9H,1-5,10-11,25-26H2,(H,31,32)(H4,22,23,29)(H3,24,27,30,33). The second-order valence-corrected chi connectivity index (χ2v) is 7.49. The van der Waals surface area contributed by atoms with E-state index in [1.807, 2.05) is 24.3 Å². The summed E-state index contributed by atoms with van der Waals surface area (Å²) in [6.45, 7) is 0.975. The summed E-state index contributed by atoms with van der Waals surface area (Å²) in [5.74, 6) is 10.8. The number of nitrogen functional groups attached to an aromatic ring is 2. The van der Waals surface area contributed by atoms with Gasteiger partial charge in [0.1, 0.15) is 11.6 Å². The fourth-order valence-corrected chi connectivity index (χ4v) is 2.95. The molecule has 0 spiro atoms. The highest BCUT2D eigenvalue weighted by Crippen LogP contribution is 2.17. The molecule has 1 aromatic heterocycles. The van der Waals surface area contributed by atoms with E-state index in [1.54, 1.807) is 0 Å². The number of benzene rings is 1. The minimum atomic E-state index is -0.667. The molecule has 13 nitrogen and oxygen atoms in total. The highest BCUT2D eigenvalue weighted by molar-refractivity contribution is 6.31. The minimum absolute atomic E-state index is 0.0484. The maximum Gasteiger partial charge on any atom is 0.280 e. The number of hydrogen-bond donors (Lipinski definition) is 7. The van der Waals surface area contributed by atoms with Crippen LogP contribution in [0.5, 0.6) is 5.75 Å². The Morgan fingerprint density at radius 2 is 1.82 bits per heavy atom. The number of aromatic nitrogens is 2. The molecule has 2 aromatic rings. The van der Waals surface area contributed by atoms with Crippen LogP contribution in [0.15, 0.2) is 34.4 Å². The summed E-state index contributed by atoms with van der Waals surface area (Å²) in [6, 6.07) is 7.89. The lowest BCUT2D eigenvalue weighted by molar-refractivity contribution is 0.0972. The number of carbonyl (C=O) groups excluding carboxylic acids is 1. The van der Waals surface area contributed by atoms with Gasteiger partial charge in [0.05, 0.1) is 6.61 Å². The van der Waals surface area contributed by atoms with Crippen LogP contribution in [0, 0.1) is 0 Å². The Morgan fingerprint density at radius 1 is 1.09 bits per heavy atom. The number of anilines is 2. The Morgan fingerprint density at radius 3 is 2.50 bits per heavy atom. The Labute approximate surface area is 202 Å². The van der Waals surface area contributed by atoms with E-state index in [9.17, 15) is 4.79 Å². The molecular formula is C20H30ClN11O2. The van der Waals surface area contributed by atoms with E-state index >= 15 is 0 Å². The molecule has 0 aliphatic heterocycles. The minimum Gasteiger partial charge on any atom is -0.494 e. The number of nitrogens with zero attached hydrogens (tertiary/aromatic N) is 4. The van der Waals surface area contributed by atoms with Crippen LogP contribution < -0.4 is 44.4 Å². The number of rotatable bonds is 11. The molecule has 0 aliphatic carbocycles. The molecule has 2 rings (SSSR count). The molecule has 0 saturated carbocycles. The SMILES string of the molecule is N/N=C(/CCCOc1ccc(CCCCN=C(N)NC(=O)c2nc(Cl)c(N)nc2N)cc1)NN. The molecule has 34 heavy (non-hydrogen) atoms. The predicted octanol–water partition coefficient (Wildman–Crippen LogP) is 0.256. The first kappa shape index (κ1) is 26.4. The second kappa shape index (κ2) is 13.6. The molecule has 0 aliphatic rings. The van der Waals surface area contributed by atoms with E-state index in [-0.39, 0.29) is 28.4 Å². The number of aryl methyl sites for hydroxylation is 1. The zero-order chi connectivity index (χ0) is 24.9. The lowest BCUT2D eigenvalue weighted by atomic mass is 10.1. The number of hydrogen-bond acceptors (Lipinski definition) is 10. The molecule has 0 radical (unpaired) electrons. The molecule has 0 bridgehead atoms. The zero-order valence-electron chi connectivity index (χ0n) is 18.6. The summed E-state index contributed by atoms with van der Waals surface area (Å²) >= 11 is 5.78. The smallest absolute Gasteiger partial charge is 0.280 e. The number of nitrogens with one attached hydrogen (secondary N) is 2. The van der Waals surface area contributed by atoms with Crippen molar-refractivity contribution < 1.29 is 9.53 Å². The van der Waals surface area contributed by atoms with Crippen molar-refractivity contribution in [1.29, 1.82) is 0 Å². The van der Waals surface area contributed by atoms with Gasteiger partial charge in [-0.05, 0) is 43.4 Å². The molecule has 0 saturated heterocycles. The van der Waals surface area contributed by atoms with Crippen molar-refractivity contribution in [2.45, 2.75) is 32.1 Å². The average Bonchev–Trinajstić information content (AvgIpc) is 2.82. The van der Waals surface area contributed by atoms with Crippen LogP contribution in [0.1, 0.15) is 41.7 Å². The van der Waals surface area contributed by atoms with E-state index in [1.165, 1.54) is 5.56 Å². The second-order valence-electron chi connectivity index (χ2n) is 7.13. The maximum absolute atomic E-state index is 12.2. The molecule has 1 heterocycles. The molecule has 184 valence electrons. The van der Waals surface area contributed by atoms with Crippen LogP contribution in [0.4, 0.5) is 11.6 Å². The van der Waals surface area contributed by atoms with Crippen molar-refractivity contribution in [1.82, 2.24) is 20.7 Å². The van der Waals surface area contributed by atoms with Gasteiger partial charge in [-0.3, -0.25) is 15.1 Å². The van der Waals surface area contributed by atoms with Gasteiger partial charge in [0.25, 0.3) is 5.91 Å². The fourth-order valence-electron chi connectivity index (χ4n) is 2.82. The fraction of sp³-hybridized carbons (Fsp3) is 0.350. The predicted molar refractivity (Wildman–Crippen MR) is 133 cm³/mol. The summed E-state index contributed by atoms with van der Waals surface area (Å²) in [4.78, 5) is 23.9. The van der Waals surface area contributed by atoms with Crippen molar-refractivity contribution in [3.8, 4) is 5.75 Å². The van der Waals surface area contributed by atoms with E-state index in [2.05, 4.69) is 30.8 Å². The summed E-state index contributed by atoms with van der Waals surface area (Å²) in [7, 11) is 0. The Bertz CT molecular complexity index is 1010. The Kier molecular flexibility index (Phi) is 10.6. The number of unbranched alkanes of at least 4 members (excludes halogenated alkanes) is 1. The van der Waals surface area contributed by atoms with Gasteiger partial charge in [-0.2, -0.15) is 5.10 Å². The van der Waals surface area contributed by atoms with Gasteiger partial charge >= 0.3 is 0 Å². The largest absolute Gasteiger partial charge is 0.494 e. The number of guanidine groups is 1. The lowest BCUT2D eigenvalue weighted by Gasteiger charge is -2.08. The van der Waals surface area contributed by atoms with Gasteiger partial charge in [0.15, 0.2) is 28.4 Å². The van der Waals surface area contributed by atoms with Crippen molar-refractivity contribution >= 4 is 40.9 Å². The molecule has 1 amide bonds. The van der Waals surface area contributed by atoms with Gasteiger partial charge in [-0.25, -0.2) is 15.8 Å². The highest BCUT2D eigenvalue weighted by Gasteiger charge is 2.16. The first-order valence-electron chi connectivity index (χ1n) is 10.5. The first-order valence-corrected chi connectivity index (χ1v) is 10.9. The Hall–Kier alpha value is -3.84. The normalized spacial score (nSPS) is 11.8. The number of nitrogens with two attached hydrogens (primary N) is 5. The van der Waals surface area contributed by atoms with Crippen LogP contribution in [0.2, 0.25) is 5.15 Å². The quantitative estimate of drug-likeness (QED) is 0.0743. The number of aliphatic imine (C=N–C) groups is 1. The molecule has 12 N–H and O–H groups in total. The van der Waals surface area contributed by atoms with Gasteiger partial charge < -0.3 is 33.2 Å². The third-order valence-corrected chi connectivity index (χ3v) is 4.87. The third-order valence-electron chi connectivity index (χ3n) is 4.59. The van der Waals surface area contributed by atoms with Crippen molar-refractivity contribution in [2.75, 3.05) is 24.6 Å². The highest BCUT2D eigenvalue weighted by atomic mass is 35.5. The van der Waals surface area contributed by atoms with Crippen LogP contribution >= 0.6 is 11.6 Å². The summed E-state index contributed by atoms with van der Waals surface area (Å²) in [6.07, 6.45) is 3.89. The number of amidine groups is 1. The molecule has 0 fully saturated rings. The number of amides is 1. The van der Waals surface area contributed by atoms with E-state index < -0.39 is 5.91 Å². The number of ether oxygens (including phenoxy) is 1. The Balaban J connectivity index is 1.68. The summed E-state index contributed by atoms with van der Waals surface area (Å²) in [5, 5.41) is 5.80. The van der Waals surface area contributed by atoms with Crippen LogP contribution in [-0.2, 0) is 6.42 Å². The number of carbonyl (C=O) groups is 1. The molecule has 14 heteroatoms. The van der Waals surface area contributed by atoms with Gasteiger partial charge in [0.2, 0.25) is 0 Å². The van der Waals surface area contributed by atoms with Crippen LogP contribution in [0.25, 0.3) is 0 Å². The van der Waals surface area contributed by atoms with Crippen molar-refractivity contribution in [3.05, 3.63) is 40.7 Å². The summed E-state index contributed by atoms with van der Waals surface area (Å²) in [5.41, 5.74) is 20.3. The third kappa shape index (κ3) is 8.60. The van der Waals surface area contributed by atoms with Crippen molar-refractivity contribution in [2.24, 2.45) is 27.5 Å². The maximum atomic E-state index is 12.2. The van der Waals surface area contributed by atoms with Gasteiger partial charge in [0, 0.05) is 13.0 Å². The molecular weight excluding hydrogens is 462 g/mol. The van der Waals surface area contributed by atoms with Crippen LogP contribution in [-0.4, -0.2) is 40.8 Å². The number of hydrazone groups is 1. The molecule has 0 atom stereocenters. The molecule has 1 aromatic carbocycles. The van der Waals surface area contributed by atoms with E-state index in [4.69, 9.17) is 45.2 Å². The van der Waals surface area contributed by atoms with Gasteiger partial charge in [-0.15, -0.1) is 0 Å². The van der Waals surface area contributed by atoms with Gasteiger partial charge in [-0.1, -0.05) is 23.7 Å². The number of halogens is 1. The molecule has 0 unspecified atom stereocenters. The average molecular weight is 492 g/mol. The lowest BCUT2D eigenvalue weighted by Crippen LogP contribution is -2.38. The number of hydrazine groups is 1. The zero-order valence-corrected chi connectivity index (χ0v) is 19.4. The van der Waals surface area contributed by atoms with E-state index in [0.717, 1.165) is 31.4 Å². The van der Waals surface area contributed by atoms with E-state index in [0.29, 0.717) is 25.4 Å². The van der Waals surface area contributed by atoms with Crippen molar-refractivity contribution in [3.63, 3.8) is 0 Å². The summed E-state index contributed by atoms with van der Waals surface area (Å²) < 4.78 is 5.69. The monoisotopic (exact) mass is 491 g/mol.